The Labute approximate surface area is 140 Å². The lowest BCUT2D eigenvalue weighted by Gasteiger charge is -2.21. The van der Waals surface area contributed by atoms with Crippen molar-refractivity contribution in [3.63, 3.8) is 0 Å². The van der Waals surface area contributed by atoms with Crippen molar-refractivity contribution in [2.45, 2.75) is 19.9 Å². The number of ether oxygens (including phenoxy) is 1. The van der Waals surface area contributed by atoms with E-state index < -0.39 is 0 Å². The molecule has 0 saturated carbocycles. The molecule has 2 nitrogen and oxygen atoms in total. The maximum absolute atomic E-state index is 5.47. The number of hydrogen-bond acceptors (Lipinski definition) is 3. The van der Waals surface area contributed by atoms with Crippen LogP contribution in [0.5, 0.6) is 5.75 Å². The Kier molecular flexibility index (Phi) is 5.66. The highest BCUT2D eigenvalue weighted by atomic mass is 79.9. The second-order valence-corrected chi connectivity index (χ2v) is 7.12. The van der Waals surface area contributed by atoms with Gasteiger partial charge >= 0.3 is 0 Å². The Bertz CT molecular complexity index is 598. The number of thiophene rings is 1. The molecule has 2 rings (SSSR count). The fraction of sp³-hybridized carbons (Fsp3) is 0.333. The molecule has 0 aliphatic rings. The predicted molar refractivity (Wildman–Crippen MR) is 93.0 cm³/mol. The molecule has 1 aromatic heterocycles. The Morgan fingerprint density at radius 2 is 2.05 bits per heavy atom. The van der Waals surface area contributed by atoms with Crippen LogP contribution in [0.4, 0.5) is 0 Å². The van der Waals surface area contributed by atoms with Crippen LogP contribution in [0, 0.1) is 6.92 Å². The fourth-order valence-corrected chi connectivity index (χ4v) is 4.12. The van der Waals surface area contributed by atoms with E-state index in [1.54, 1.807) is 18.4 Å². The number of methoxy groups -OCH3 is 1. The smallest absolute Gasteiger partial charge is 0.134 e. The van der Waals surface area contributed by atoms with E-state index in [9.17, 15) is 0 Å². The topological polar surface area (TPSA) is 21.3 Å². The van der Waals surface area contributed by atoms with Crippen molar-refractivity contribution in [2.24, 2.45) is 0 Å². The fourth-order valence-electron chi connectivity index (χ4n) is 2.12. The van der Waals surface area contributed by atoms with Gasteiger partial charge in [0.05, 0.1) is 18.0 Å². The molecule has 1 heterocycles. The van der Waals surface area contributed by atoms with Crippen molar-refractivity contribution in [1.29, 1.82) is 0 Å². The Hall–Kier alpha value is -0.360. The number of hydrogen-bond donors (Lipinski definition) is 1. The van der Waals surface area contributed by atoms with Crippen LogP contribution in [0.3, 0.4) is 0 Å². The summed E-state index contributed by atoms with van der Waals surface area (Å²) in [7, 11) is 1.72. The molecule has 1 N–H and O–H groups in total. The largest absolute Gasteiger partial charge is 0.496 e. The molecule has 108 valence electrons. The maximum Gasteiger partial charge on any atom is 0.134 e. The molecule has 0 amide bonds. The summed E-state index contributed by atoms with van der Waals surface area (Å²) in [6.45, 7) is 5.10. The molecule has 0 aliphatic carbocycles. The van der Waals surface area contributed by atoms with Crippen molar-refractivity contribution in [3.05, 3.63) is 48.5 Å². The van der Waals surface area contributed by atoms with E-state index in [2.05, 4.69) is 68.5 Å². The monoisotopic (exact) mass is 417 g/mol. The number of halogens is 2. The molecule has 1 atom stereocenters. The van der Waals surface area contributed by atoms with Gasteiger partial charge < -0.3 is 10.1 Å². The van der Waals surface area contributed by atoms with E-state index in [4.69, 9.17) is 4.74 Å². The predicted octanol–water partition coefficient (Wildman–Crippen LogP) is 5.29. The molecule has 0 radical (unpaired) electrons. The van der Waals surface area contributed by atoms with Crippen molar-refractivity contribution in [1.82, 2.24) is 5.32 Å². The van der Waals surface area contributed by atoms with Gasteiger partial charge in [0.1, 0.15) is 5.75 Å². The molecule has 5 heteroatoms. The zero-order chi connectivity index (χ0) is 14.7. The average Bonchev–Trinajstić information content (AvgIpc) is 2.88. The summed E-state index contributed by atoms with van der Waals surface area (Å²) < 4.78 is 7.70. The summed E-state index contributed by atoms with van der Waals surface area (Å²) in [4.78, 5) is 1.20. The summed E-state index contributed by atoms with van der Waals surface area (Å²) in [5, 5.41) is 5.61. The van der Waals surface area contributed by atoms with Crippen molar-refractivity contribution < 1.29 is 4.74 Å². The van der Waals surface area contributed by atoms with E-state index >= 15 is 0 Å². The minimum absolute atomic E-state index is 0.126. The minimum Gasteiger partial charge on any atom is -0.496 e. The highest BCUT2D eigenvalue weighted by molar-refractivity contribution is 9.11. The molecule has 20 heavy (non-hydrogen) atoms. The molecule has 1 unspecified atom stereocenters. The number of benzene rings is 1. The molecule has 0 bridgehead atoms. The van der Waals surface area contributed by atoms with Gasteiger partial charge in [0.15, 0.2) is 0 Å². The van der Waals surface area contributed by atoms with Gasteiger partial charge in [0.2, 0.25) is 0 Å². The van der Waals surface area contributed by atoms with Crippen LogP contribution in [0.2, 0.25) is 0 Å². The quantitative estimate of drug-likeness (QED) is 0.712. The van der Waals surface area contributed by atoms with Gasteiger partial charge in [0, 0.05) is 8.95 Å². The molecule has 0 saturated heterocycles. The van der Waals surface area contributed by atoms with Crippen molar-refractivity contribution >= 4 is 43.2 Å². The zero-order valence-electron chi connectivity index (χ0n) is 11.7. The number of rotatable bonds is 5. The first-order chi connectivity index (χ1) is 9.58. The van der Waals surface area contributed by atoms with Crippen molar-refractivity contribution in [2.75, 3.05) is 13.7 Å². The number of nitrogens with one attached hydrogen (secondary N) is 1. The van der Waals surface area contributed by atoms with E-state index in [0.717, 1.165) is 21.2 Å². The van der Waals surface area contributed by atoms with E-state index in [1.165, 1.54) is 16.0 Å². The van der Waals surface area contributed by atoms with Crippen LogP contribution >= 0.6 is 43.2 Å². The minimum atomic E-state index is 0.126. The van der Waals surface area contributed by atoms with Gasteiger partial charge in [0.25, 0.3) is 0 Å². The standard InChI is InChI=1S/C15H17Br2NOS/c1-4-18-14(15-13(19-3)5-6-20-15)10-8-11(16)9(2)7-12(10)17/h5-8,14,18H,4H2,1-3H3. The lowest BCUT2D eigenvalue weighted by molar-refractivity contribution is 0.408. The van der Waals surface area contributed by atoms with Crippen molar-refractivity contribution in [3.8, 4) is 5.75 Å². The van der Waals surface area contributed by atoms with Gasteiger partial charge in [-0.1, -0.05) is 38.8 Å². The Morgan fingerprint density at radius 3 is 2.70 bits per heavy atom. The molecular formula is C15H17Br2NOS. The highest BCUT2D eigenvalue weighted by Gasteiger charge is 2.21. The average molecular weight is 419 g/mol. The lowest BCUT2D eigenvalue weighted by atomic mass is 10.0. The van der Waals surface area contributed by atoms with Crippen LogP contribution in [0.15, 0.2) is 32.5 Å². The normalized spacial score (nSPS) is 12.4. The molecule has 0 fully saturated rings. The van der Waals surface area contributed by atoms with Crippen LogP contribution in [0.1, 0.15) is 29.0 Å². The summed E-state index contributed by atoms with van der Waals surface area (Å²) in [5.41, 5.74) is 2.43. The molecule has 0 aliphatic heterocycles. The van der Waals surface area contributed by atoms with Crippen LogP contribution in [-0.4, -0.2) is 13.7 Å². The zero-order valence-corrected chi connectivity index (χ0v) is 15.7. The second-order valence-electron chi connectivity index (χ2n) is 4.47. The van der Waals surface area contributed by atoms with Crippen LogP contribution < -0.4 is 10.1 Å². The van der Waals surface area contributed by atoms with Crippen LogP contribution in [0.25, 0.3) is 0 Å². The third-order valence-corrected chi connectivity index (χ3v) is 5.64. The third kappa shape index (κ3) is 3.27. The Balaban J connectivity index is 2.51. The first-order valence-electron chi connectivity index (χ1n) is 6.38. The first-order valence-corrected chi connectivity index (χ1v) is 8.85. The summed E-state index contributed by atoms with van der Waals surface area (Å²) >= 11 is 9.02. The molecule has 1 aromatic carbocycles. The summed E-state index contributed by atoms with van der Waals surface area (Å²) in [5.74, 6) is 0.935. The lowest BCUT2D eigenvalue weighted by Crippen LogP contribution is -2.22. The second kappa shape index (κ2) is 7.07. The number of aryl methyl sites for hydroxylation is 1. The van der Waals surface area contributed by atoms with Crippen LogP contribution in [-0.2, 0) is 0 Å². The first kappa shape index (κ1) is 16.0. The van der Waals surface area contributed by atoms with E-state index in [0.29, 0.717) is 0 Å². The van der Waals surface area contributed by atoms with E-state index in [1.807, 2.05) is 6.07 Å². The summed E-state index contributed by atoms with van der Waals surface area (Å²) in [6, 6.07) is 6.46. The van der Waals surface area contributed by atoms with Gasteiger partial charge in [-0.25, -0.2) is 0 Å². The summed E-state index contributed by atoms with van der Waals surface area (Å²) in [6.07, 6.45) is 0. The van der Waals surface area contributed by atoms with E-state index in [-0.39, 0.29) is 6.04 Å². The Morgan fingerprint density at radius 1 is 1.30 bits per heavy atom. The molecule has 2 aromatic rings. The SMILES string of the molecule is CCNC(c1cc(Br)c(C)cc1Br)c1sccc1OC. The highest BCUT2D eigenvalue weighted by Crippen LogP contribution is 2.39. The van der Waals surface area contributed by atoms with Gasteiger partial charge in [-0.2, -0.15) is 0 Å². The third-order valence-electron chi connectivity index (χ3n) is 3.14. The molecule has 0 spiro atoms. The van der Waals surface area contributed by atoms with Gasteiger partial charge in [-0.05, 0) is 48.2 Å². The maximum atomic E-state index is 5.47. The van der Waals surface area contributed by atoms with Gasteiger partial charge in [-0.15, -0.1) is 11.3 Å². The molecular weight excluding hydrogens is 402 g/mol. The van der Waals surface area contributed by atoms with Gasteiger partial charge in [-0.3, -0.25) is 0 Å².